The lowest BCUT2D eigenvalue weighted by molar-refractivity contribution is 0.418. The number of H-pyrrole nitrogens is 1. The maximum Gasteiger partial charge on any atom is 0.252 e. The molecule has 0 aliphatic heterocycles. The van der Waals surface area contributed by atoms with Crippen molar-refractivity contribution in [2.75, 3.05) is 7.11 Å². The third-order valence-corrected chi connectivity index (χ3v) is 2.63. The molecular weight excluding hydrogens is 216 g/mol. The molecule has 17 heavy (non-hydrogen) atoms. The second kappa shape index (κ2) is 4.30. The number of nitrogens with zero attached hydrogens (tertiary/aromatic N) is 1. The lowest BCUT2D eigenvalue weighted by Gasteiger charge is -2.07. The van der Waals surface area contributed by atoms with Crippen molar-refractivity contribution in [1.82, 2.24) is 4.98 Å². The Balaban J connectivity index is 2.79. The first-order chi connectivity index (χ1) is 8.15. The summed E-state index contributed by atoms with van der Waals surface area (Å²) in [6.45, 7) is 1.96. The van der Waals surface area contributed by atoms with Crippen LogP contribution in [0.15, 0.2) is 23.0 Å². The number of nitriles is 1. The number of ether oxygens (including phenoxy) is 1. The highest BCUT2D eigenvalue weighted by Gasteiger charge is 2.07. The molecule has 1 heterocycles. The molecule has 0 amide bonds. The molecule has 4 heteroatoms. The Kier molecular flexibility index (Phi) is 2.84. The summed E-state index contributed by atoms with van der Waals surface area (Å²) in [5, 5.41) is 9.53. The number of fused-ring (bicyclic) bond motifs is 1. The number of methoxy groups -OCH3 is 1. The molecular formula is C13H12N2O2. The Morgan fingerprint density at radius 1 is 1.41 bits per heavy atom. The summed E-state index contributed by atoms with van der Waals surface area (Å²) in [4.78, 5) is 14.5. The Bertz CT molecular complexity index is 665. The molecule has 1 aromatic carbocycles. The number of aromatic nitrogens is 1. The van der Waals surface area contributed by atoms with Crippen LogP contribution in [-0.4, -0.2) is 12.1 Å². The van der Waals surface area contributed by atoms with Gasteiger partial charge in [0.05, 0.1) is 25.1 Å². The minimum atomic E-state index is -0.235. The third kappa shape index (κ3) is 2.00. The summed E-state index contributed by atoms with van der Waals surface area (Å²) in [6.07, 6.45) is 0.113. The fourth-order valence-electron chi connectivity index (χ4n) is 1.85. The highest BCUT2D eigenvalue weighted by atomic mass is 16.5. The molecule has 1 aromatic heterocycles. The maximum atomic E-state index is 11.7. The predicted molar refractivity (Wildman–Crippen MR) is 65.2 cm³/mol. The van der Waals surface area contributed by atoms with Crippen molar-refractivity contribution in [2.45, 2.75) is 13.3 Å². The second-order valence-corrected chi connectivity index (χ2v) is 3.89. The first kappa shape index (κ1) is 11.2. The lowest BCUT2D eigenvalue weighted by Crippen LogP contribution is -2.12. The molecule has 0 spiro atoms. The summed E-state index contributed by atoms with van der Waals surface area (Å²) < 4.78 is 5.23. The van der Waals surface area contributed by atoms with E-state index in [0.717, 1.165) is 10.9 Å². The van der Waals surface area contributed by atoms with Crippen LogP contribution in [0.4, 0.5) is 0 Å². The van der Waals surface area contributed by atoms with Gasteiger partial charge in [0.25, 0.3) is 5.56 Å². The minimum Gasteiger partial charge on any atom is -0.495 e. The topological polar surface area (TPSA) is 65.9 Å². The Labute approximate surface area is 98.5 Å². The summed E-state index contributed by atoms with van der Waals surface area (Å²) >= 11 is 0. The Hall–Kier alpha value is -2.28. The van der Waals surface area contributed by atoms with Crippen molar-refractivity contribution in [3.05, 3.63) is 39.7 Å². The number of hydrogen-bond donors (Lipinski definition) is 1. The number of pyridine rings is 1. The van der Waals surface area contributed by atoms with Crippen LogP contribution in [0.5, 0.6) is 5.75 Å². The number of benzene rings is 1. The number of hydrogen-bond acceptors (Lipinski definition) is 3. The summed E-state index contributed by atoms with van der Waals surface area (Å²) in [5.41, 5.74) is 1.96. The van der Waals surface area contributed by atoms with E-state index in [1.54, 1.807) is 13.2 Å². The lowest BCUT2D eigenvalue weighted by atomic mass is 10.1. The standard InChI is InChI=1S/C13H12N2O2/c1-8-5-10-7-9(3-4-14)13(16)15-12(10)11(6-8)17-2/h5-7H,3H2,1-2H3,(H,15,16). The van der Waals surface area contributed by atoms with Crippen molar-refractivity contribution in [3.63, 3.8) is 0 Å². The predicted octanol–water partition coefficient (Wildman–Crippen LogP) is 1.91. The van der Waals surface area contributed by atoms with Crippen LogP contribution in [0, 0.1) is 18.3 Å². The van der Waals surface area contributed by atoms with E-state index in [1.807, 2.05) is 25.1 Å². The van der Waals surface area contributed by atoms with Crippen LogP contribution >= 0.6 is 0 Å². The average molecular weight is 228 g/mol. The minimum absolute atomic E-state index is 0.113. The fraction of sp³-hybridized carbons (Fsp3) is 0.231. The molecule has 0 radical (unpaired) electrons. The van der Waals surface area contributed by atoms with E-state index < -0.39 is 0 Å². The van der Waals surface area contributed by atoms with Crippen LogP contribution < -0.4 is 10.3 Å². The van der Waals surface area contributed by atoms with Crippen molar-refractivity contribution in [2.24, 2.45) is 0 Å². The monoisotopic (exact) mass is 228 g/mol. The number of aromatic amines is 1. The van der Waals surface area contributed by atoms with Crippen molar-refractivity contribution in [3.8, 4) is 11.8 Å². The molecule has 0 saturated carbocycles. The molecule has 2 rings (SSSR count). The van der Waals surface area contributed by atoms with Crippen LogP contribution in [0.25, 0.3) is 10.9 Å². The van der Waals surface area contributed by atoms with Gasteiger partial charge in [0.2, 0.25) is 0 Å². The maximum absolute atomic E-state index is 11.7. The highest BCUT2D eigenvalue weighted by Crippen LogP contribution is 2.24. The number of nitrogens with one attached hydrogen (secondary N) is 1. The normalized spacial score (nSPS) is 10.2. The SMILES string of the molecule is COc1cc(C)cc2cc(CC#N)c(=O)[nH]c12. The van der Waals surface area contributed by atoms with Gasteiger partial charge in [-0.1, -0.05) is 0 Å². The molecule has 4 nitrogen and oxygen atoms in total. The quantitative estimate of drug-likeness (QED) is 0.853. The molecule has 2 aromatic rings. The third-order valence-electron chi connectivity index (χ3n) is 2.63. The molecule has 1 N–H and O–H groups in total. The highest BCUT2D eigenvalue weighted by molar-refractivity contribution is 5.85. The van der Waals surface area contributed by atoms with E-state index in [0.29, 0.717) is 16.8 Å². The van der Waals surface area contributed by atoms with Crippen LogP contribution in [-0.2, 0) is 6.42 Å². The van der Waals surface area contributed by atoms with Crippen LogP contribution in [0.3, 0.4) is 0 Å². The van der Waals surface area contributed by atoms with Gasteiger partial charge in [-0.3, -0.25) is 4.79 Å². The van der Waals surface area contributed by atoms with Crippen LogP contribution in [0.2, 0.25) is 0 Å². The van der Waals surface area contributed by atoms with Gasteiger partial charge >= 0.3 is 0 Å². The van der Waals surface area contributed by atoms with E-state index in [-0.39, 0.29) is 12.0 Å². The summed E-state index contributed by atoms with van der Waals surface area (Å²) in [6, 6.07) is 7.54. The zero-order valence-corrected chi connectivity index (χ0v) is 9.70. The largest absolute Gasteiger partial charge is 0.495 e. The van der Waals surface area contributed by atoms with Crippen molar-refractivity contribution in [1.29, 1.82) is 5.26 Å². The first-order valence-corrected chi connectivity index (χ1v) is 5.23. The van der Waals surface area contributed by atoms with E-state index in [2.05, 4.69) is 4.98 Å². The molecule has 0 saturated heterocycles. The van der Waals surface area contributed by atoms with E-state index in [1.165, 1.54) is 0 Å². The molecule has 0 unspecified atom stereocenters. The van der Waals surface area contributed by atoms with E-state index in [9.17, 15) is 4.79 Å². The molecule has 86 valence electrons. The van der Waals surface area contributed by atoms with Gasteiger partial charge in [0.1, 0.15) is 5.75 Å². The smallest absolute Gasteiger partial charge is 0.252 e. The molecule has 0 aliphatic rings. The Morgan fingerprint density at radius 3 is 2.82 bits per heavy atom. The Morgan fingerprint density at radius 2 is 2.18 bits per heavy atom. The van der Waals surface area contributed by atoms with E-state index >= 15 is 0 Å². The van der Waals surface area contributed by atoms with Gasteiger partial charge in [-0.25, -0.2) is 0 Å². The number of aryl methyl sites for hydroxylation is 1. The zero-order valence-electron chi connectivity index (χ0n) is 9.70. The van der Waals surface area contributed by atoms with Crippen LogP contribution in [0.1, 0.15) is 11.1 Å². The van der Waals surface area contributed by atoms with Gasteiger partial charge in [0, 0.05) is 10.9 Å². The molecule has 0 fully saturated rings. The van der Waals surface area contributed by atoms with Gasteiger partial charge in [-0.05, 0) is 30.7 Å². The van der Waals surface area contributed by atoms with Gasteiger partial charge < -0.3 is 9.72 Å². The molecule has 0 aliphatic carbocycles. The molecule has 0 bridgehead atoms. The first-order valence-electron chi connectivity index (χ1n) is 5.23. The van der Waals surface area contributed by atoms with Crippen molar-refractivity contribution < 1.29 is 4.74 Å². The number of rotatable bonds is 2. The van der Waals surface area contributed by atoms with Gasteiger partial charge in [-0.2, -0.15) is 5.26 Å². The van der Waals surface area contributed by atoms with Gasteiger partial charge in [-0.15, -0.1) is 0 Å². The summed E-state index contributed by atoms with van der Waals surface area (Å²) in [5.74, 6) is 0.639. The van der Waals surface area contributed by atoms with Crippen molar-refractivity contribution >= 4 is 10.9 Å². The average Bonchev–Trinajstić information content (AvgIpc) is 2.30. The summed E-state index contributed by atoms with van der Waals surface area (Å²) in [7, 11) is 1.57. The molecule has 0 atom stereocenters. The van der Waals surface area contributed by atoms with Gasteiger partial charge in [0.15, 0.2) is 0 Å². The van der Waals surface area contributed by atoms with E-state index in [4.69, 9.17) is 10.00 Å². The second-order valence-electron chi connectivity index (χ2n) is 3.89. The fourth-order valence-corrected chi connectivity index (χ4v) is 1.85. The zero-order chi connectivity index (χ0) is 12.4.